The molecule has 3 heterocycles. The summed E-state index contributed by atoms with van der Waals surface area (Å²) in [5.41, 5.74) is 0.945. The van der Waals surface area contributed by atoms with Gasteiger partial charge < -0.3 is 19.8 Å². The molecule has 6 heteroatoms. The van der Waals surface area contributed by atoms with Gasteiger partial charge in [-0.15, -0.1) is 24.0 Å². The molecule has 1 aromatic heterocycles. The van der Waals surface area contributed by atoms with Gasteiger partial charge in [-0.1, -0.05) is 18.2 Å². The van der Waals surface area contributed by atoms with E-state index in [4.69, 9.17) is 14.1 Å². The van der Waals surface area contributed by atoms with Gasteiger partial charge in [0.15, 0.2) is 5.96 Å². The van der Waals surface area contributed by atoms with Gasteiger partial charge in [-0.3, -0.25) is 4.99 Å². The summed E-state index contributed by atoms with van der Waals surface area (Å²) in [6.45, 7) is 3.66. The number of hydrogen-bond acceptors (Lipinski definition) is 3. The number of ether oxygens (including phenoxy) is 1. The third-order valence-corrected chi connectivity index (χ3v) is 4.88. The molecule has 0 aliphatic carbocycles. The number of para-hydroxylation sites is 1. The molecule has 5 nitrogen and oxygen atoms in total. The van der Waals surface area contributed by atoms with Crippen LogP contribution in [-0.2, 0) is 11.2 Å². The minimum absolute atomic E-state index is 0. The molecule has 2 fully saturated rings. The van der Waals surface area contributed by atoms with E-state index in [-0.39, 0.29) is 24.0 Å². The summed E-state index contributed by atoms with van der Waals surface area (Å²) in [5, 5.41) is 8.03. The predicted octanol–water partition coefficient (Wildman–Crippen LogP) is 3.47. The van der Waals surface area contributed by atoms with Crippen LogP contribution in [0.15, 0.2) is 39.7 Å². The average Bonchev–Trinajstić information content (AvgIpc) is 3.29. The van der Waals surface area contributed by atoms with Crippen molar-refractivity contribution in [1.82, 2.24) is 10.6 Å². The quantitative estimate of drug-likeness (QED) is 0.412. The van der Waals surface area contributed by atoms with Crippen LogP contribution in [0.4, 0.5) is 0 Å². The monoisotopic (exact) mass is 455 g/mol. The lowest BCUT2D eigenvalue weighted by molar-refractivity contribution is 0.0992. The number of nitrogens with one attached hydrogen (secondary N) is 2. The van der Waals surface area contributed by atoms with Gasteiger partial charge in [0, 0.05) is 24.9 Å². The minimum Gasteiger partial charge on any atom is -0.461 e. The molecule has 4 rings (SSSR count). The van der Waals surface area contributed by atoms with Crippen LogP contribution < -0.4 is 10.6 Å². The molecular formula is C19H26IN3O2. The molecule has 2 aliphatic rings. The van der Waals surface area contributed by atoms with Crippen molar-refractivity contribution in [3.63, 3.8) is 0 Å². The number of nitrogens with zero attached hydrogens (tertiary/aromatic N) is 1. The van der Waals surface area contributed by atoms with Crippen LogP contribution in [0.5, 0.6) is 0 Å². The molecule has 2 aliphatic heterocycles. The van der Waals surface area contributed by atoms with Gasteiger partial charge in [0.2, 0.25) is 0 Å². The first-order chi connectivity index (χ1) is 11.8. The second-order valence-electron chi connectivity index (χ2n) is 6.62. The second-order valence-corrected chi connectivity index (χ2v) is 6.62. The molecule has 0 spiro atoms. The Morgan fingerprint density at radius 3 is 2.88 bits per heavy atom. The molecule has 3 unspecified atom stereocenters. The Hall–Kier alpha value is -1.28. The minimum atomic E-state index is 0. The van der Waals surface area contributed by atoms with Crippen LogP contribution in [-0.4, -0.2) is 37.3 Å². The predicted molar refractivity (Wildman–Crippen MR) is 111 cm³/mol. The smallest absolute Gasteiger partial charge is 0.191 e. The van der Waals surface area contributed by atoms with Crippen LogP contribution in [0.2, 0.25) is 0 Å². The van der Waals surface area contributed by atoms with E-state index in [2.05, 4.69) is 29.7 Å². The van der Waals surface area contributed by atoms with E-state index in [9.17, 15) is 0 Å². The molecule has 2 aromatic rings. The van der Waals surface area contributed by atoms with E-state index in [0.29, 0.717) is 24.8 Å². The lowest BCUT2D eigenvalue weighted by atomic mass is 9.96. The molecule has 3 atom stereocenters. The molecule has 2 bridgehead atoms. The summed E-state index contributed by atoms with van der Waals surface area (Å²) >= 11 is 0. The highest BCUT2D eigenvalue weighted by Crippen LogP contribution is 2.34. The Morgan fingerprint density at radius 2 is 2.16 bits per heavy atom. The third-order valence-electron chi connectivity index (χ3n) is 4.88. The number of rotatable bonds is 5. The normalized spacial score (nSPS) is 25.2. The van der Waals surface area contributed by atoms with Crippen LogP contribution in [0.3, 0.4) is 0 Å². The van der Waals surface area contributed by atoms with Crippen molar-refractivity contribution in [2.75, 3.05) is 13.1 Å². The van der Waals surface area contributed by atoms with Crippen molar-refractivity contribution in [3.05, 3.63) is 36.1 Å². The Morgan fingerprint density at radius 1 is 1.28 bits per heavy atom. The number of halogens is 1. The summed E-state index contributed by atoms with van der Waals surface area (Å²) in [7, 11) is 0. The molecule has 0 saturated carbocycles. The summed E-state index contributed by atoms with van der Waals surface area (Å²) in [5.74, 6) is 1.87. The molecule has 2 saturated heterocycles. The Balaban J connectivity index is 0.00000182. The second kappa shape index (κ2) is 8.40. The van der Waals surface area contributed by atoms with Crippen molar-refractivity contribution in [1.29, 1.82) is 0 Å². The van der Waals surface area contributed by atoms with Gasteiger partial charge in [-0.25, -0.2) is 0 Å². The first-order valence-corrected chi connectivity index (χ1v) is 8.99. The fourth-order valence-corrected chi connectivity index (χ4v) is 3.72. The van der Waals surface area contributed by atoms with Crippen molar-refractivity contribution in [2.45, 2.75) is 50.9 Å². The maximum Gasteiger partial charge on any atom is 0.191 e. The SMILES string of the molecule is CCNC(=NCCc1cc2ccccc2o1)NC1CC2CCC1O2.I. The summed E-state index contributed by atoms with van der Waals surface area (Å²) < 4.78 is 11.8. The van der Waals surface area contributed by atoms with Gasteiger partial charge in [-0.05, 0) is 38.3 Å². The number of guanidine groups is 1. The van der Waals surface area contributed by atoms with Crippen LogP contribution >= 0.6 is 24.0 Å². The van der Waals surface area contributed by atoms with Crippen LogP contribution in [0, 0.1) is 0 Å². The van der Waals surface area contributed by atoms with Crippen molar-refractivity contribution >= 4 is 40.9 Å². The first kappa shape index (κ1) is 18.5. The van der Waals surface area contributed by atoms with Gasteiger partial charge in [0.05, 0.1) is 18.2 Å². The third kappa shape index (κ3) is 4.28. The van der Waals surface area contributed by atoms with E-state index in [0.717, 1.165) is 42.1 Å². The van der Waals surface area contributed by atoms with E-state index in [1.54, 1.807) is 0 Å². The molecular weight excluding hydrogens is 429 g/mol. The summed E-state index contributed by atoms with van der Waals surface area (Å²) in [6, 6.07) is 10.6. The molecule has 0 radical (unpaired) electrons. The lowest BCUT2D eigenvalue weighted by Gasteiger charge is -2.22. The highest BCUT2D eigenvalue weighted by atomic mass is 127. The first-order valence-electron chi connectivity index (χ1n) is 8.99. The fourth-order valence-electron chi connectivity index (χ4n) is 3.72. The van der Waals surface area contributed by atoms with Gasteiger partial charge in [-0.2, -0.15) is 0 Å². The summed E-state index contributed by atoms with van der Waals surface area (Å²) in [4.78, 5) is 4.70. The molecule has 2 N–H and O–H groups in total. The zero-order valence-electron chi connectivity index (χ0n) is 14.5. The maximum atomic E-state index is 5.91. The summed E-state index contributed by atoms with van der Waals surface area (Å²) in [6.07, 6.45) is 5.08. The van der Waals surface area contributed by atoms with Crippen LogP contribution in [0.25, 0.3) is 11.0 Å². The highest BCUT2D eigenvalue weighted by Gasteiger charge is 2.41. The zero-order valence-corrected chi connectivity index (χ0v) is 16.9. The van der Waals surface area contributed by atoms with E-state index >= 15 is 0 Å². The Labute approximate surface area is 165 Å². The van der Waals surface area contributed by atoms with E-state index in [1.807, 2.05) is 18.2 Å². The zero-order chi connectivity index (χ0) is 16.4. The van der Waals surface area contributed by atoms with Crippen molar-refractivity contribution < 1.29 is 9.15 Å². The molecule has 136 valence electrons. The van der Waals surface area contributed by atoms with Gasteiger partial charge in [0.1, 0.15) is 11.3 Å². The van der Waals surface area contributed by atoms with E-state index < -0.39 is 0 Å². The number of fused-ring (bicyclic) bond motifs is 3. The van der Waals surface area contributed by atoms with Gasteiger partial charge >= 0.3 is 0 Å². The lowest BCUT2D eigenvalue weighted by Crippen LogP contribution is -2.47. The average molecular weight is 455 g/mol. The van der Waals surface area contributed by atoms with E-state index in [1.165, 1.54) is 12.8 Å². The maximum absolute atomic E-state index is 5.91. The number of hydrogen-bond donors (Lipinski definition) is 2. The largest absolute Gasteiger partial charge is 0.461 e. The number of benzene rings is 1. The Bertz CT molecular complexity index is 697. The molecule has 0 amide bonds. The van der Waals surface area contributed by atoms with Crippen molar-refractivity contribution in [3.8, 4) is 0 Å². The molecule has 25 heavy (non-hydrogen) atoms. The fraction of sp³-hybridized carbons (Fsp3) is 0.526. The number of furan rings is 1. The Kier molecular flexibility index (Phi) is 6.22. The van der Waals surface area contributed by atoms with Gasteiger partial charge in [0.25, 0.3) is 0 Å². The van der Waals surface area contributed by atoms with Crippen LogP contribution in [0.1, 0.15) is 31.9 Å². The molecule has 1 aromatic carbocycles. The number of aliphatic imine (C=N–C) groups is 1. The topological polar surface area (TPSA) is 58.8 Å². The van der Waals surface area contributed by atoms with Crippen molar-refractivity contribution in [2.24, 2.45) is 4.99 Å². The standard InChI is InChI=1S/C19H25N3O2.HI/c1-2-20-19(22-16-12-14-7-8-18(16)24-14)21-10-9-15-11-13-5-3-4-6-17(13)23-15;/h3-6,11,14,16,18H,2,7-10,12H2,1H3,(H2,20,21,22);1H. The highest BCUT2D eigenvalue weighted by molar-refractivity contribution is 14.0.